The average Bonchev–Trinajstić information content (AvgIpc) is 2.55. The monoisotopic (exact) mass is 368 g/mol. The Morgan fingerprint density at radius 2 is 1.84 bits per heavy atom. The fraction of sp³-hybridized carbons (Fsp3) is 0.316. The molecule has 0 aliphatic rings. The summed E-state index contributed by atoms with van der Waals surface area (Å²) in [5, 5.41) is 0.422. The summed E-state index contributed by atoms with van der Waals surface area (Å²) in [6, 6.07) is 9.11. The van der Waals surface area contributed by atoms with E-state index in [0.29, 0.717) is 10.7 Å². The summed E-state index contributed by atoms with van der Waals surface area (Å²) in [5.41, 5.74) is 1.83. The van der Waals surface area contributed by atoms with Crippen molar-refractivity contribution in [2.24, 2.45) is 4.99 Å². The topological polar surface area (TPSA) is 15.6 Å². The van der Waals surface area contributed by atoms with Gasteiger partial charge in [0.15, 0.2) is 0 Å². The second-order valence-electron chi connectivity index (χ2n) is 5.88. The van der Waals surface area contributed by atoms with Gasteiger partial charge in [0, 0.05) is 13.6 Å². The highest BCUT2D eigenvalue weighted by Gasteiger charge is 2.32. The van der Waals surface area contributed by atoms with E-state index in [4.69, 9.17) is 11.6 Å². The first kappa shape index (κ1) is 19.3. The van der Waals surface area contributed by atoms with E-state index in [0.717, 1.165) is 23.7 Å². The first-order valence-corrected chi connectivity index (χ1v) is 8.28. The maximum atomic E-state index is 13.2. The van der Waals surface area contributed by atoms with Crippen LogP contribution in [0.2, 0.25) is 5.02 Å². The summed E-state index contributed by atoms with van der Waals surface area (Å²) in [4.78, 5) is 6.23. The van der Waals surface area contributed by atoms with Crippen LogP contribution in [0.5, 0.6) is 0 Å². The Hall–Kier alpha value is -2.01. The number of aryl methyl sites for hydroxylation is 1. The Morgan fingerprint density at radius 3 is 2.48 bits per heavy atom. The van der Waals surface area contributed by atoms with E-state index >= 15 is 0 Å². The predicted octanol–water partition coefficient (Wildman–Crippen LogP) is 5.87. The van der Waals surface area contributed by atoms with Crippen molar-refractivity contribution in [1.82, 2.24) is 4.90 Å². The van der Waals surface area contributed by atoms with Crippen LogP contribution in [0.15, 0.2) is 41.4 Å². The van der Waals surface area contributed by atoms with E-state index in [1.165, 1.54) is 12.1 Å². The third-order valence-corrected chi connectivity index (χ3v) is 4.30. The molecule has 0 N–H and O–H groups in total. The molecule has 134 valence electrons. The minimum atomic E-state index is -4.37. The lowest BCUT2D eigenvalue weighted by Gasteiger charge is -2.15. The number of rotatable bonds is 5. The lowest BCUT2D eigenvalue weighted by atomic mass is 9.96. The highest BCUT2D eigenvalue weighted by molar-refractivity contribution is 6.33. The summed E-state index contributed by atoms with van der Waals surface area (Å²) in [6.45, 7) is 4.66. The Kier molecular flexibility index (Phi) is 6.11. The zero-order valence-electron chi connectivity index (χ0n) is 14.4. The number of hydrogen-bond acceptors (Lipinski definition) is 1. The molecule has 0 atom stereocenters. The van der Waals surface area contributed by atoms with Gasteiger partial charge in [-0.15, -0.1) is 0 Å². The second-order valence-corrected chi connectivity index (χ2v) is 6.29. The van der Waals surface area contributed by atoms with Gasteiger partial charge in [-0.3, -0.25) is 0 Å². The van der Waals surface area contributed by atoms with E-state index in [-0.39, 0.29) is 12.0 Å². The number of nitrogens with zero attached hydrogens (tertiary/aromatic N) is 2. The van der Waals surface area contributed by atoms with Crippen LogP contribution in [0.3, 0.4) is 0 Å². The molecule has 0 fully saturated rings. The van der Waals surface area contributed by atoms with Crippen LogP contribution >= 0.6 is 11.6 Å². The highest BCUT2D eigenvalue weighted by Crippen LogP contribution is 2.34. The fourth-order valence-electron chi connectivity index (χ4n) is 2.40. The van der Waals surface area contributed by atoms with E-state index in [1.807, 2.05) is 25.8 Å². The molecule has 0 amide bonds. The number of aliphatic imine (C=N–C) groups is 1. The first-order valence-electron chi connectivity index (χ1n) is 7.91. The largest absolute Gasteiger partial charge is 0.416 e. The Balaban J connectivity index is 2.34. The Morgan fingerprint density at radius 1 is 1.16 bits per heavy atom. The van der Waals surface area contributed by atoms with Crippen LogP contribution in [-0.2, 0) is 12.6 Å². The van der Waals surface area contributed by atoms with Gasteiger partial charge < -0.3 is 4.90 Å². The van der Waals surface area contributed by atoms with Gasteiger partial charge in [0.05, 0.1) is 22.6 Å². The summed E-state index contributed by atoms with van der Waals surface area (Å²) >= 11 is 6.27. The van der Waals surface area contributed by atoms with Crippen molar-refractivity contribution in [2.75, 3.05) is 13.6 Å². The third kappa shape index (κ3) is 4.98. The van der Waals surface area contributed by atoms with E-state index in [9.17, 15) is 13.2 Å². The lowest BCUT2D eigenvalue weighted by Crippen LogP contribution is -2.14. The fourth-order valence-corrected chi connectivity index (χ4v) is 2.63. The van der Waals surface area contributed by atoms with Gasteiger partial charge in [0.25, 0.3) is 0 Å². The predicted molar refractivity (Wildman–Crippen MR) is 96.9 cm³/mol. The minimum Gasteiger partial charge on any atom is -0.366 e. The van der Waals surface area contributed by atoms with Crippen molar-refractivity contribution in [3.63, 3.8) is 0 Å². The molecule has 2 aromatic carbocycles. The first-order chi connectivity index (χ1) is 11.7. The van der Waals surface area contributed by atoms with Gasteiger partial charge in [-0.1, -0.05) is 29.8 Å². The van der Waals surface area contributed by atoms with Crippen molar-refractivity contribution in [1.29, 1.82) is 0 Å². The van der Waals surface area contributed by atoms with Crippen molar-refractivity contribution < 1.29 is 13.2 Å². The number of halogens is 4. The normalized spacial score (nSPS) is 12.0. The molecule has 0 aliphatic carbocycles. The Bertz CT molecular complexity index is 770. The molecule has 0 unspecified atom stereocenters. The molecule has 0 saturated heterocycles. The van der Waals surface area contributed by atoms with Gasteiger partial charge >= 0.3 is 6.18 Å². The summed E-state index contributed by atoms with van der Waals surface area (Å²) < 4.78 is 39.5. The molecule has 0 aliphatic heterocycles. The SMILES string of the molecule is CCN(C)/C=N\c1cc(C)c(Cc2ccccc2C(F)(F)F)cc1Cl. The molecular weight excluding hydrogens is 349 g/mol. The van der Waals surface area contributed by atoms with Gasteiger partial charge in [0.2, 0.25) is 0 Å². The molecule has 0 saturated carbocycles. The van der Waals surface area contributed by atoms with Crippen LogP contribution < -0.4 is 0 Å². The quantitative estimate of drug-likeness (QED) is 0.476. The number of alkyl halides is 3. The van der Waals surface area contributed by atoms with E-state index < -0.39 is 11.7 Å². The summed E-state index contributed by atoms with van der Waals surface area (Å²) in [7, 11) is 1.90. The molecule has 0 aromatic heterocycles. The van der Waals surface area contributed by atoms with Gasteiger partial charge in [-0.25, -0.2) is 4.99 Å². The van der Waals surface area contributed by atoms with Gasteiger partial charge in [0.1, 0.15) is 0 Å². The molecule has 0 bridgehead atoms. The molecule has 25 heavy (non-hydrogen) atoms. The Labute approximate surface area is 150 Å². The van der Waals surface area contributed by atoms with Crippen molar-refractivity contribution in [2.45, 2.75) is 26.4 Å². The van der Waals surface area contributed by atoms with Gasteiger partial charge in [-0.2, -0.15) is 13.2 Å². The molecule has 0 radical (unpaired) electrons. The van der Waals surface area contributed by atoms with Crippen LogP contribution in [0.1, 0.15) is 29.2 Å². The smallest absolute Gasteiger partial charge is 0.366 e. The van der Waals surface area contributed by atoms with Crippen LogP contribution in [0, 0.1) is 6.92 Å². The lowest BCUT2D eigenvalue weighted by molar-refractivity contribution is -0.138. The molecule has 0 spiro atoms. The average molecular weight is 369 g/mol. The van der Waals surface area contributed by atoms with Gasteiger partial charge in [-0.05, 0) is 55.2 Å². The maximum Gasteiger partial charge on any atom is 0.416 e. The zero-order chi connectivity index (χ0) is 18.6. The molecule has 2 aromatic rings. The standard InChI is InChI=1S/C19H20ClF3N2/c1-4-25(3)12-24-18-9-13(2)15(11-17(18)20)10-14-7-5-6-8-16(14)19(21,22)23/h5-9,11-12H,4,10H2,1-3H3/b24-12-. The third-order valence-electron chi connectivity index (χ3n) is 4.00. The molecule has 6 heteroatoms. The molecule has 0 heterocycles. The molecule has 2 nitrogen and oxygen atoms in total. The maximum absolute atomic E-state index is 13.2. The van der Waals surface area contributed by atoms with E-state index in [2.05, 4.69) is 4.99 Å². The van der Waals surface area contributed by atoms with E-state index in [1.54, 1.807) is 24.5 Å². The van der Waals surface area contributed by atoms with Crippen LogP contribution in [0.4, 0.5) is 18.9 Å². The van der Waals surface area contributed by atoms with Crippen LogP contribution in [0.25, 0.3) is 0 Å². The highest BCUT2D eigenvalue weighted by atomic mass is 35.5. The second kappa shape index (κ2) is 7.91. The zero-order valence-corrected chi connectivity index (χ0v) is 15.1. The van der Waals surface area contributed by atoms with Crippen molar-refractivity contribution in [3.8, 4) is 0 Å². The molecule has 2 rings (SSSR count). The summed E-state index contributed by atoms with van der Waals surface area (Å²) in [5.74, 6) is 0. The van der Waals surface area contributed by atoms with Crippen LogP contribution in [-0.4, -0.2) is 24.8 Å². The number of hydrogen-bond donors (Lipinski definition) is 0. The molecular formula is C19H20ClF3N2. The summed E-state index contributed by atoms with van der Waals surface area (Å²) in [6.07, 6.45) is -2.53. The number of benzene rings is 2. The minimum absolute atomic E-state index is 0.167. The van der Waals surface area contributed by atoms with Crippen molar-refractivity contribution in [3.05, 3.63) is 63.7 Å². The van der Waals surface area contributed by atoms with Crippen molar-refractivity contribution >= 4 is 23.6 Å².